The standard InChI is InChI=1S/C23H27BF3NO3/c1-14-10-11-16(13-19(14)24-30-21(3,4)22(5,6)31-24)15(2)28-20(29)17-8-7-9-18(12-17)23(25,26)27/h7-13,15H,1-6H3,(H,28,29). The largest absolute Gasteiger partial charge is 0.495 e. The van der Waals surface area contributed by atoms with Crippen LogP contribution in [0, 0.1) is 6.92 Å². The average Bonchev–Trinajstić information content (AvgIpc) is 2.88. The summed E-state index contributed by atoms with van der Waals surface area (Å²) in [6, 6.07) is 9.67. The Labute approximate surface area is 181 Å². The van der Waals surface area contributed by atoms with Crippen molar-refractivity contribution in [2.75, 3.05) is 0 Å². The van der Waals surface area contributed by atoms with Crippen molar-refractivity contribution in [3.8, 4) is 0 Å². The third kappa shape index (κ3) is 4.80. The van der Waals surface area contributed by atoms with Crippen LogP contribution in [0.1, 0.15) is 67.7 Å². The molecule has 1 aliphatic heterocycles. The molecule has 1 aliphatic rings. The Kier molecular flexibility index (Phi) is 6.02. The highest BCUT2D eigenvalue weighted by atomic mass is 19.4. The van der Waals surface area contributed by atoms with Crippen molar-refractivity contribution in [1.82, 2.24) is 5.32 Å². The van der Waals surface area contributed by atoms with Crippen LogP contribution in [0.5, 0.6) is 0 Å². The molecule has 1 atom stereocenters. The quantitative estimate of drug-likeness (QED) is 0.705. The Balaban J connectivity index is 1.80. The maximum absolute atomic E-state index is 12.9. The molecule has 0 aliphatic carbocycles. The lowest BCUT2D eigenvalue weighted by molar-refractivity contribution is -0.137. The van der Waals surface area contributed by atoms with Crippen LogP contribution in [0.4, 0.5) is 13.2 Å². The van der Waals surface area contributed by atoms with Crippen LogP contribution in [0.2, 0.25) is 0 Å². The van der Waals surface area contributed by atoms with Gasteiger partial charge in [-0.05, 0) is 70.8 Å². The normalized spacial score (nSPS) is 18.7. The minimum atomic E-state index is -4.50. The fourth-order valence-corrected chi connectivity index (χ4v) is 3.35. The molecule has 1 unspecified atom stereocenters. The van der Waals surface area contributed by atoms with E-state index >= 15 is 0 Å². The molecule has 0 aromatic heterocycles. The summed E-state index contributed by atoms with van der Waals surface area (Å²) in [7, 11) is -0.545. The van der Waals surface area contributed by atoms with E-state index in [1.807, 2.05) is 52.8 Å². The second-order valence-corrected chi connectivity index (χ2v) is 8.98. The van der Waals surface area contributed by atoms with Gasteiger partial charge in [0, 0.05) is 5.56 Å². The van der Waals surface area contributed by atoms with Crippen molar-refractivity contribution in [1.29, 1.82) is 0 Å². The zero-order valence-corrected chi connectivity index (χ0v) is 18.6. The summed E-state index contributed by atoms with van der Waals surface area (Å²) in [6.07, 6.45) is -4.50. The van der Waals surface area contributed by atoms with Gasteiger partial charge in [0.15, 0.2) is 0 Å². The van der Waals surface area contributed by atoms with Gasteiger partial charge in [-0.25, -0.2) is 0 Å². The summed E-state index contributed by atoms with van der Waals surface area (Å²) >= 11 is 0. The number of amides is 1. The van der Waals surface area contributed by atoms with Crippen molar-refractivity contribution in [2.24, 2.45) is 0 Å². The lowest BCUT2D eigenvalue weighted by atomic mass is 9.75. The maximum atomic E-state index is 12.9. The number of rotatable bonds is 4. The maximum Gasteiger partial charge on any atom is 0.495 e. The Bertz CT molecular complexity index is 972. The zero-order valence-electron chi connectivity index (χ0n) is 18.6. The minimum Gasteiger partial charge on any atom is -0.399 e. The molecule has 0 saturated carbocycles. The van der Waals surface area contributed by atoms with E-state index in [9.17, 15) is 18.0 Å². The van der Waals surface area contributed by atoms with Crippen LogP contribution in [0.15, 0.2) is 42.5 Å². The molecule has 2 aromatic carbocycles. The van der Waals surface area contributed by atoms with Gasteiger partial charge >= 0.3 is 13.3 Å². The fraction of sp³-hybridized carbons (Fsp3) is 0.435. The number of hydrogen-bond acceptors (Lipinski definition) is 3. The Morgan fingerprint density at radius 3 is 2.23 bits per heavy atom. The van der Waals surface area contributed by atoms with E-state index in [1.165, 1.54) is 12.1 Å². The molecular weight excluding hydrogens is 406 g/mol. The molecule has 31 heavy (non-hydrogen) atoms. The van der Waals surface area contributed by atoms with Gasteiger partial charge in [0.05, 0.1) is 22.8 Å². The second kappa shape index (κ2) is 7.99. The van der Waals surface area contributed by atoms with Gasteiger partial charge in [-0.3, -0.25) is 4.79 Å². The minimum absolute atomic E-state index is 0.0417. The number of carbonyl (C=O) groups excluding carboxylic acids is 1. The molecule has 3 rings (SSSR count). The first-order chi connectivity index (χ1) is 14.2. The second-order valence-electron chi connectivity index (χ2n) is 8.98. The molecule has 0 radical (unpaired) electrons. The monoisotopic (exact) mass is 433 g/mol. The summed E-state index contributed by atoms with van der Waals surface area (Å²) in [4.78, 5) is 12.6. The van der Waals surface area contributed by atoms with E-state index < -0.39 is 42.0 Å². The summed E-state index contributed by atoms with van der Waals surface area (Å²) < 4.78 is 51.1. The molecular formula is C23H27BF3NO3. The number of carbonyl (C=O) groups is 1. The SMILES string of the molecule is Cc1ccc(C(C)NC(=O)c2cccc(C(F)(F)F)c2)cc1B1OC(C)(C)C(C)(C)O1. The summed E-state index contributed by atoms with van der Waals surface area (Å²) in [6.45, 7) is 11.6. The van der Waals surface area contributed by atoms with E-state index in [-0.39, 0.29) is 5.56 Å². The summed E-state index contributed by atoms with van der Waals surface area (Å²) in [5.74, 6) is -0.573. The van der Waals surface area contributed by atoms with Crippen LogP contribution in [-0.4, -0.2) is 24.2 Å². The van der Waals surface area contributed by atoms with E-state index in [4.69, 9.17) is 9.31 Å². The molecule has 4 nitrogen and oxygen atoms in total. The predicted octanol–water partition coefficient (Wildman–Crippen LogP) is 4.80. The molecule has 166 valence electrons. The van der Waals surface area contributed by atoms with Crippen molar-refractivity contribution < 1.29 is 27.3 Å². The van der Waals surface area contributed by atoms with Gasteiger partial charge < -0.3 is 14.6 Å². The molecule has 8 heteroatoms. The topological polar surface area (TPSA) is 47.6 Å². The highest BCUT2D eigenvalue weighted by Gasteiger charge is 2.52. The first-order valence-electron chi connectivity index (χ1n) is 10.2. The highest BCUT2D eigenvalue weighted by molar-refractivity contribution is 6.62. The lowest BCUT2D eigenvalue weighted by Crippen LogP contribution is -2.41. The first-order valence-corrected chi connectivity index (χ1v) is 10.2. The zero-order chi connectivity index (χ0) is 23.2. The average molecular weight is 433 g/mol. The number of nitrogens with one attached hydrogen (secondary N) is 1. The van der Waals surface area contributed by atoms with E-state index in [2.05, 4.69) is 5.32 Å². The van der Waals surface area contributed by atoms with E-state index in [1.54, 1.807) is 6.92 Å². The predicted molar refractivity (Wildman–Crippen MR) is 114 cm³/mol. The number of hydrogen-bond donors (Lipinski definition) is 1. The molecule has 1 amide bonds. The van der Waals surface area contributed by atoms with Crippen LogP contribution in [-0.2, 0) is 15.5 Å². The number of halogens is 3. The molecule has 0 bridgehead atoms. The summed E-state index contributed by atoms with van der Waals surface area (Å²) in [5.41, 5.74) is 0.782. The van der Waals surface area contributed by atoms with Crippen molar-refractivity contribution in [2.45, 2.75) is 65.0 Å². The van der Waals surface area contributed by atoms with Gasteiger partial charge in [0.2, 0.25) is 0 Å². The number of benzene rings is 2. The van der Waals surface area contributed by atoms with Crippen LogP contribution < -0.4 is 10.8 Å². The molecule has 2 aromatic rings. The van der Waals surface area contributed by atoms with Crippen LogP contribution in [0.25, 0.3) is 0 Å². The Hall–Kier alpha value is -2.32. The van der Waals surface area contributed by atoms with Crippen molar-refractivity contribution >= 4 is 18.5 Å². The molecule has 1 heterocycles. The van der Waals surface area contributed by atoms with Gasteiger partial charge in [0.1, 0.15) is 0 Å². The Morgan fingerprint density at radius 2 is 1.65 bits per heavy atom. The molecule has 1 fully saturated rings. The first kappa shape index (κ1) is 23.4. The number of aryl methyl sites for hydroxylation is 1. The lowest BCUT2D eigenvalue weighted by Gasteiger charge is -2.32. The van der Waals surface area contributed by atoms with Crippen molar-refractivity contribution in [3.63, 3.8) is 0 Å². The fourth-order valence-electron chi connectivity index (χ4n) is 3.35. The Morgan fingerprint density at radius 1 is 1.03 bits per heavy atom. The number of alkyl halides is 3. The molecule has 1 saturated heterocycles. The smallest absolute Gasteiger partial charge is 0.399 e. The van der Waals surface area contributed by atoms with Crippen LogP contribution in [0.3, 0.4) is 0 Å². The van der Waals surface area contributed by atoms with E-state index in [0.29, 0.717) is 0 Å². The summed E-state index contributed by atoms with van der Waals surface area (Å²) in [5, 5.41) is 2.77. The van der Waals surface area contributed by atoms with Gasteiger partial charge in [-0.1, -0.05) is 29.8 Å². The van der Waals surface area contributed by atoms with Gasteiger partial charge in [-0.2, -0.15) is 13.2 Å². The van der Waals surface area contributed by atoms with Crippen LogP contribution >= 0.6 is 0 Å². The highest BCUT2D eigenvalue weighted by Crippen LogP contribution is 2.37. The van der Waals surface area contributed by atoms with Gasteiger partial charge in [-0.15, -0.1) is 0 Å². The molecule has 0 spiro atoms. The third-order valence-corrected chi connectivity index (χ3v) is 6.11. The van der Waals surface area contributed by atoms with E-state index in [0.717, 1.165) is 28.7 Å². The van der Waals surface area contributed by atoms with Crippen molar-refractivity contribution in [3.05, 3.63) is 64.7 Å². The molecule has 1 N–H and O–H groups in total. The third-order valence-electron chi connectivity index (χ3n) is 6.11. The van der Waals surface area contributed by atoms with Gasteiger partial charge in [0.25, 0.3) is 5.91 Å².